The maximum absolute atomic E-state index is 12.3. The Hall–Kier alpha value is -2.45. The summed E-state index contributed by atoms with van der Waals surface area (Å²) >= 11 is 7.50. The van der Waals surface area contributed by atoms with Gasteiger partial charge in [0, 0.05) is 99.1 Å². The van der Waals surface area contributed by atoms with E-state index in [1.165, 1.54) is 0 Å². The van der Waals surface area contributed by atoms with Crippen molar-refractivity contribution in [3.63, 3.8) is 0 Å². The molecule has 0 aromatic carbocycles. The summed E-state index contributed by atoms with van der Waals surface area (Å²) in [7, 11) is 0. The molecule has 0 saturated carbocycles. The quantitative estimate of drug-likeness (QED) is 0.0154. The Kier molecular flexibility index (Phi) is 44.9. The second-order valence-corrected chi connectivity index (χ2v) is 39.9. The average Bonchev–Trinajstić information content (AvgIpc) is 0.770. The van der Waals surface area contributed by atoms with Crippen molar-refractivity contribution in [1.82, 2.24) is 0 Å². The Balaban J connectivity index is 1.11. The van der Waals surface area contributed by atoms with E-state index in [1.54, 1.807) is 0 Å². The number of aliphatic hydroxyl groups excluding tert-OH is 17. The van der Waals surface area contributed by atoms with Crippen molar-refractivity contribution in [3.8, 4) is 0 Å². The summed E-state index contributed by atoms with van der Waals surface area (Å²) in [5.41, 5.74) is 0. The average molecular weight is 1980 g/mol. The predicted octanol–water partition coefficient (Wildman–Crippen LogP) is -6.58. The predicted molar refractivity (Wildman–Crippen MR) is 444 cm³/mol. The maximum Gasteiger partial charge on any atom is 0.304 e. The summed E-state index contributed by atoms with van der Waals surface area (Å²) in [5.74, 6) is -11.0. The molecule has 730 valence electrons. The van der Waals surface area contributed by atoms with Gasteiger partial charge in [0.05, 0.1) is 93.1 Å². The third-order valence-electron chi connectivity index (χ3n) is 21.4. The van der Waals surface area contributed by atoms with Crippen LogP contribution in [0.5, 0.6) is 0 Å². The zero-order chi connectivity index (χ0) is 92.8. The Morgan fingerprint density at radius 3 is 0.472 bits per heavy atom. The van der Waals surface area contributed by atoms with Crippen LogP contribution in [0, 0.1) is 0 Å². The van der Waals surface area contributed by atoms with E-state index in [1.807, 2.05) is 0 Å². The molecule has 23 N–H and O–H groups in total. The molecule has 127 heavy (non-hydrogen) atoms. The lowest BCUT2D eigenvalue weighted by Gasteiger charge is -2.51. The second-order valence-electron chi connectivity index (χ2n) is 30.7. The molecule has 30 aliphatic heterocycles. The minimum absolute atomic E-state index is 0.00256. The molecule has 30 fully saturated rings. The zero-order valence-corrected chi connectivity index (χ0v) is 74.3. The second kappa shape index (κ2) is 52.8. The number of carboxylic acids is 6. The highest BCUT2D eigenvalue weighted by molar-refractivity contribution is 8.00. The number of thioether (sulfide) groups is 8. The lowest BCUT2D eigenvalue weighted by atomic mass is 9.95. The van der Waals surface area contributed by atoms with E-state index < -0.39 is 320 Å². The highest BCUT2D eigenvalue weighted by Crippen LogP contribution is 2.43. The van der Waals surface area contributed by atoms with E-state index in [4.69, 9.17) is 75.8 Å². The standard InChI is InChI=1S/C73H114O46S8/c1-27(75)3-12-121-20-29-59-43(89)51(97)67(105-29)114-60-31(22-123-14-5-37(78)79)107-69(53(99)45(60)91)116-62-33(24-125-16-7-39(82)83)109-71(55(101)47(62)93)118-64-35(26-127-18-9-41(86)87)111-73(57(103)49(64)95)119-65-34(25-126-17-8-40(84)85)110-72(56(102)48(65)94)117-63-32(23-124-15-6-38(80)81)108-70(54(100)46(63)92)115-61-30(21-122-13-4-36(76)77)106-68(52(98)44(61)90)112-58-28(19-120-11-2-10-74)104-66(113-59)50(96)42(58)88/h10,28-35,42-73,75,88-103H,1-9,11-26H2,(H,76,77)(H,78,79)(H,80,81)(H,82,83)(H,84,85)(H,86,87)/t28-,29-,30-,31-,32-,33-,34-,35-,42-,43-,44-,45-,46-,47-,48-,49-,50-,51-,52-,53-,54-,55-,56-,57-,58-,59-,60-,61-,62-,63-,64-,65-,66-,67-,68-,69-,70-,71-,72-,73-/m1/s1. The normalized spacial score (nSPS) is 41.7. The molecule has 0 aromatic rings. The van der Waals surface area contributed by atoms with Crippen LogP contribution in [0.2, 0.25) is 0 Å². The van der Waals surface area contributed by atoms with Crippen molar-refractivity contribution in [2.75, 3.05) is 92.0 Å². The summed E-state index contributed by atoms with van der Waals surface area (Å²) in [6.45, 7) is 3.50. The van der Waals surface area contributed by atoms with Gasteiger partial charge in [-0.2, -0.15) is 94.1 Å². The van der Waals surface area contributed by atoms with Gasteiger partial charge in [-0.1, -0.05) is 6.58 Å². The number of hydrogen-bond acceptors (Lipinski definition) is 48. The van der Waals surface area contributed by atoms with Gasteiger partial charge < -0.3 is 198 Å². The van der Waals surface area contributed by atoms with Crippen LogP contribution in [0.4, 0.5) is 0 Å². The number of carbonyl (C=O) groups excluding carboxylic acids is 1. The first-order valence-corrected chi connectivity index (χ1v) is 49.7. The number of rotatable bonds is 40. The fourth-order valence-corrected chi connectivity index (χ4v) is 22.6. The van der Waals surface area contributed by atoms with Crippen molar-refractivity contribution in [1.29, 1.82) is 0 Å². The number of hydrogen-bond donors (Lipinski definition) is 23. The number of aldehydes is 1. The molecule has 0 aliphatic carbocycles. The maximum atomic E-state index is 12.3. The Morgan fingerprint density at radius 1 is 0.213 bits per heavy atom. The van der Waals surface area contributed by atoms with E-state index in [0.717, 1.165) is 94.1 Å². The summed E-state index contributed by atoms with van der Waals surface area (Å²) in [4.78, 5) is 82.4. The van der Waals surface area contributed by atoms with Crippen LogP contribution in [0.15, 0.2) is 12.3 Å². The minimum atomic E-state index is -2.31. The van der Waals surface area contributed by atoms with Gasteiger partial charge in [-0.15, -0.1) is 0 Å². The molecule has 30 heterocycles. The topological polar surface area (TPSA) is 732 Å². The van der Waals surface area contributed by atoms with Gasteiger partial charge in [-0.25, -0.2) is 0 Å². The van der Waals surface area contributed by atoms with Gasteiger partial charge >= 0.3 is 35.8 Å². The van der Waals surface area contributed by atoms with Crippen LogP contribution in [-0.4, -0.2) is 497 Å². The van der Waals surface area contributed by atoms with Crippen molar-refractivity contribution >= 4 is 136 Å². The van der Waals surface area contributed by atoms with Gasteiger partial charge in [0.15, 0.2) is 50.3 Å². The summed E-state index contributed by atoms with van der Waals surface area (Å²) in [6.07, 6.45) is -82.6. The van der Waals surface area contributed by atoms with Gasteiger partial charge in [0.25, 0.3) is 0 Å². The van der Waals surface area contributed by atoms with Crippen LogP contribution < -0.4 is 0 Å². The van der Waals surface area contributed by atoms with Crippen molar-refractivity contribution in [3.05, 3.63) is 12.3 Å². The summed E-state index contributed by atoms with van der Waals surface area (Å²) in [5, 5.41) is 263. The van der Waals surface area contributed by atoms with Crippen molar-refractivity contribution < 1.29 is 227 Å². The van der Waals surface area contributed by atoms with Gasteiger partial charge in [0.2, 0.25) is 0 Å². The van der Waals surface area contributed by atoms with Crippen LogP contribution in [0.3, 0.4) is 0 Å². The van der Waals surface area contributed by atoms with Crippen LogP contribution in [0.25, 0.3) is 0 Å². The molecule has 30 aliphatic rings. The number of ether oxygens (including phenoxy) is 16. The first-order chi connectivity index (χ1) is 60.4. The molecule has 0 spiro atoms. The molecular weight excluding hydrogens is 1870 g/mol. The van der Waals surface area contributed by atoms with E-state index >= 15 is 0 Å². The molecule has 0 unspecified atom stereocenters. The van der Waals surface area contributed by atoms with Crippen molar-refractivity contribution in [2.24, 2.45) is 0 Å². The third-order valence-corrected chi connectivity index (χ3v) is 29.9. The van der Waals surface area contributed by atoms with Gasteiger partial charge in [0.1, 0.15) is 153 Å². The molecule has 54 heteroatoms. The number of aliphatic hydroxyl groups is 17. The highest BCUT2D eigenvalue weighted by Gasteiger charge is 2.61. The fourth-order valence-electron chi connectivity index (χ4n) is 14.7. The summed E-state index contributed by atoms with van der Waals surface area (Å²) in [6, 6.07) is 0. The Bertz CT molecular complexity index is 3240. The monoisotopic (exact) mass is 1980 g/mol. The first-order valence-electron chi connectivity index (χ1n) is 40.5. The number of aliphatic carboxylic acids is 6. The van der Waals surface area contributed by atoms with E-state index in [9.17, 15) is 151 Å². The van der Waals surface area contributed by atoms with E-state index in [2.05, 4.69) is 6.58 Å². The molecule has 46 nitrogen and oxygen atoms in total. The number of allylic oxidation sites excluding steroid dienone is 1. The lowest BCUT2D eigenvalue weighted by Crippen LogP contribution is -2.69. The van der Waals surface area contributed by atoms with Crippen LogP contribution >= 0.6 is 94.1 Å². The molecular formula is C73H114O46S8. The van der Waals surface area contributed by atoms with Gasteiger partial charge in [-0.3, -0.25) is 28.8 Å². The number of carbonyl (C=O) groups is 7. The highest BCUT2D eigenvalue weighted by atomic mass is 32.2. The molecule has 30 saturated heterocycles. The van der Waals surface area contributed by atoms with E-state index in [0.29, 0.717) is 6.29 Å². The Labute approximate surface area is 759 Å². The molecule has 0 aromatic heterocycles. The first kappa shape index (κ1) is 108. The Morgan fingerprint density at radius 2 is 0.346 bits per heavy atom. The van der Waals surface area contributed by atoms with Crippen molar-refractivity contribution in [2.45, 2.75) is 297 Å². The molecule has 0 amide bonds. The zero-order valence-electron chi connectivity index (χ0n) is 67.8. The largest absolute Gasteiger partial charge is 0.513 e. The molecule has 30 rings (SSSR count). The number of carboxylic acid groups (broad SMARTS) is 6. The van der Waals surface area contributed by atoms with E-state index in [-0.39, 0.29) is 111 Å². The summed E-state index contributed by atoms with van der Waals surface area (Å²) < 4.78 is 101. The van der Waals surface area contributed by atoms with Crippen LogP contribution in [0.1, 0.15) is 51.4 Å². The lowest BCUT2D eigenvalue weighted by molar-refractivity contribution is -0.396. The minimum Gasteiger partial charge on any atom is -0.513 e. The molecule has 40 atom stereocenters. The SMILES string of the molecule is C=C(O)CCSC[C@H]1O[C@@H]2O[C@H]3[C@H](O)[C@@H](O)[C@@H](O[C@H]4[C@H](O)[C@@H](O)[C@@H](O[C@H]5[C@H](O)[C@@H](O)[C@@H](O[C@H]6[C@H](O)[C@@H](O)[C@@H](O[C@H]7[C@H](O)[C@@H](O)[C@@H](O[C@H]8[C@H](O)[C@@H](O)[C@@H](O[C@H]9[C@H](O)[C@@H](O)[C@@H](O[C@H]1[C@H](O)[C@H]2O)O[C@@H]9CSCCC=O)O[C@@H]8CSCCC(=O)O)O[C@@H]7CSCCC(=O)O)O[C@@H]6CSCCC(=O)O)O[C@@H]5CSCCC(=O)O)O[C@@H]4CSCCC(=O)O)O[C@@H]3CSCCC(=O)O. The fraction of sp³-hybridized carbons (Fsp3) is 0.877. The molecule has 0 radical (unpaired) electrons. The smallest absolute Gasteiger partial charge is 0.304 e. The van der Waals surface area contributed by atoms with Gasteiger partial charge in [-0.05, 0) is 5.75 Å². The third kappa shape index (κ3) is 30.5. The van der Waals surface area contributed by atoms with Crippen LogP contribution in [-0.2, 0) is 109 Å². The molecule has 16 bridgehead atoms.